The first kappa shape index (κ1) is 16.9. The van der Waals surface area contributed by atoms with Gasteiger partial charge in [0.05, 0.1) is 5.02 Å². The Morgan fingerprint density at radius 3 is 2.26 bits per heavy atom. The summed E-state index contributed by atoms with van der Waals surface area (Å²) in [6, 6.07) is 2.72. The van der Waals surface area contributed by atoms with Crippen LogP contribution >= 0.6 is 11.6 Å². The van der Waals surface area contributed by atoms with Gasteiger partial charge in [-0.25, -0.2) is 0 Å². The van der Waals surface area contributed by atoms with Crippen molar-refractivity contribution in [2.75, 3.05) is 14.1 Å². The molecule has 0 amide bonds. The smallest absolute Gasteiger partial charge is 0.244 e. The van der Waals surface area contributed by atoms with Crippen LogP contribution in [0.2, 0.25) is 5.02 Å². The number of halogens is 1. The Bertz CT molecular complexity index is 577. The summed E-state index contributed by atoms with van der Waals surface area (Å²) in [7, 11) is 4.33. The number of hydrogen-bond acceptors (Lipinski definition) is 3. The van der Waals surface area contributed by atoms with Crippen LogP contribution in [0.25, 0.3) is 0 Å². The normalized spacial score (nSPS) is 27.0. The van der Waals surface area contributed by atoms with E-state index in [1.807, 2.05) is 6.07 Å². The molecule has 1 aromatic rings. The van der Waals surface area contributed by atoms with Crippen molar-refractivity contribution >= 4 is 11.6 Å². The van der Waals surface area contributed by atoms with E-state index in [1.54, 1.807) is 0 Å². The van der Waals surface area contributed by atoms with Crippen LogP contribution in [0.1, 0.15) is 56.6 Å². The fourth-order valence-corrected chi connectivity index (χ4v) is 4.16. The molecule has 1 aliphatic heterocycles. The Morgan fingerprint density at radius 2 is 1.70 bits per heavy atom. The van der Waals surface area contributed by atoms with Gasteiger partial charge in [0, 0.05) is 12.0 Å². The molecule has 1 heterocycles. The van der Waals surface area contributed by atoms with Crippen LogP contribution in [-0.4, -0.2) is 31.3 Å². The predicted octanol–water partition coefficient (Wildman–Crippen LogP) is 4.99. The fraction of sp³-hybridized carbons (Fsp3) is 0.684. The number of fused-ring (bicyclic) bond motifs is 1. The minimum atomic E-state index is -0.174. The number of benzene rings is 1. The molecule has 0 spiro atoms. The monoisotopic (exact) mass is 337 g/mol. The van der Waals surface area contributed by atoms with Crippen LogP contribution in [0.5, 0.6) is 11.5 Å². The first-order valence-corrected chi connectivity index (χ1v) is 9.09. The number of rotatable bonds is 3. The molecule has 0 saturated heterocycles. The van der Waals surface area contributed by atoms with E-state index in [9.17, 15) is 0 Å². The molecule has 0 N–H and O–H groups in total. The molecule has 1 saturated carbocycles. The van der Waals surface area contributed by atoms with Crippen molar-refractivity contribution in [1.82, 2.24) is 4.90 Å². The zero-order valence-electron chi connectivity index (χ0n) is 14.9. The van der Waals surface area contributed by atoms with Crippen molar-refractivity contribution in [2.45, 2.75) is 64.7 Å². The van der Waals surface area contributed by atoms with Gasteiger partial charge in [-0.1, -0.05) is 25.4 Å². The summed E-state index contributed by atoms with van der Waals surface area (Å²) in [5, 5.41) is 0.679. The third-order valence-corrected chi connectivity index (χ3v) is 5.71. The highest BCUT2D eigenvalue weighted by Crippen LogP contribution is 2.48. The van der Waals surface area contributed by atoms with Gasteiger partial charge < -0.3 is 14.4 Å². The molecule has 1 fully saturated rings. The van der Waals surface area contributed by atoms with Crippen LogP contribution in [-0.2, 0) is 0 Å². The standard InChI is InChI=1S/C19H28ClNO2/c1-11(2)15-10-16(20)18-17(12(15)3)22-19(23-18)13-6-8-14(9-7-13)21(4)5/h10-11,13-14,19H,6-9H2,1-5H3. The van der Waals surface area contributed by atoms with Gasteiger partial charge in [-0.15, -0.1) is 0 Å². The Balaban J connectivity index is 1.75. The molecule has 4 heteroatoms. The van der Waals surface area contributed by atoms with Gasteiger partial charge >= 0.3 is 0 Å². The van der Waals surface area contributed by atoms with Crippen molar-refractivity contribution in [3.63, 3.8) is 0 Å². The van der Waals surface area contributed by atoms with Crippen molar-refractivity contribution in [3.8, 4) is 11.5 Å². The van der Waals surface area contributed by atoms with E-state index in [0.717, 1.165) is 24.3 Å². The van der Waals surface area contributed by atoms with E-state index in [2.05, 4.69) is 39.8 Å². The molecule has 1 aliphatic carbocycles. The fourth-order valence-electron chi connectivity index (χ4n) is 3.91. The molecule has 0 bridgehead atoms. The van der Waals surface area contributed by atoms with Crippen LogP contribution in [0.4, 0.5) is 0 Å². The second kappa shape index (κ2) is 6.52. The molecule has 0 radical (unpaired) electrons. The molecule has 2 aliphatic rings. The Labute approximate surface area is 144 Å². The van der Waals surface area contributed by atoms with E-state index in [4.69, 9.17) is 21.1 Å². The molecule has 3 nitrogen and oxygen atoms in total. The van der Waals surface area contributed by atoms with Gasteiger partial charge in [0.25, 0.3) is 0 Å². The first-order valence-electron chi connectivity index (χ1n) is 8.71. The zero-order valence-corrected chi connectivity index (χ0v) is 15.6. The number of ether oxygens (including phenoxy) is 2. The highest BCUT2D eigenvalue weighted by atomic mass is 35.5. The summed E-state index contributed by atoms with van der Waals surface area (Å²) in [6.45, 7) is 6.47. The Kier molecular flexibility index (Phi) is 4.80. The second-order valence-electron chi connectivity index (χ2n) is 7.52. The van der Waals surface area contributed by atoms with Gasteiger partial charge in [0.1, 0.15) is 0 Å². The highest BCUT2D eigenvalue weighted by molar-refractivity contribution is 6.32. The minimum Gasteiger partial charge on any atom is -0.450 e. The lowest BCUT2D eigenvalue weighted by Gasteiger charge is -2.34. The van der Waals surface area contributed by atoms with Crippen molar-refractivity contribution in [3.05, 3.63) is 22.2 Å². The van der Waals surface area contributed by atoms with E-state index in [1.165, 1.54) is 24.0 Å². The van der Waals surface area contributed by atoms with Gasteiger partial charge in [-0.3, -0.25) is 0 Å². The highest BCUT2D eigenvalue weighted by Gasteiger charge is 2.37. The lowest BCUT2D eigenvalue weighted by atomic mass is 9.85. The molecule has 1 unspecified atom stereocenters. The number of nitrogens with zero attached hydrogens (tertiary/aromatic N) is 1. The average molecular weight is 338 g/mol. The SMILES string of the molecule is Cc1c(C(C)C)cc(Cl)c2c1OC(C1CCC(N(C)C)CC1)O2. The lowest BCUT2D eigenvalue weighted by Crippen LogP contribution is -2.37. The average Bonchev–Trinajstić information content (AvgIpc) is 2.97. The van der Waals surface area contributed by atoms with Gasteiger partial charge in [0.2, 0.25) is 6.29 Å². The third-order valence-electron chi connectivity index (χ3n) is 5.43. The Hall–Kier alpha value is -0.930. The van der Waals surface area contributed by atoms with Gasteiger partial charge in [-0.2, -0.15) is 0 Å². The molecular weight excluding hydrogens is 310 g/mol. The van der Waals surface area contributed by atoms with Crippen molar-refractivity contribution in [2.24, 2.45) is 5.92 Å². The summed E-state index contributed by atoms with van der Waals surface area (Å²) < 4.78 is 12.3. The van der Waals surface area contributed by atoms with E-state index in [-0.39, 0.29) is 6.29 Å². The topological polar surface area (TPSA) is 21.7 Å². The molecule has 23 heavy (non-hydrogen) atoms. The van der Waals surface area contributed by atoms with Crippen LogP contribution in [0.15, 0.2) is 6.07 Å². The maximum atomic E-state index is 6.45. The maximum absolute atomic E-state index is 6.45. The first-order chi connectivity index (χ1) is 10.9. The molecular formula is C19H28ClNO2. The summed E-state index contributed by atoms with van der Waals surface area (Å²) in [5.41, 5.74) is 2.41. The largest absolute Gasteiger partial charge is 0.450 e. The van der Waals surface area contributed by atoms with E-state index in [0.29, 0.717) is 22.9 Å². The van der Waals surface area contributed by atoms with Crippen molar-refractivity contribution in [1.29, 1.82) is 0 Å². The van der Waals surface area contributed by atoms with Gasteiger partial charge in [-0.05, 0) is 69.8 Å². The van der Waals surface area contributed by atoms with E-state index < -0.39 is 0 Å². The zero-order chi connectivity index (χ0) is 16.7. The maximum Gasteiger partial charge on any atom is 0.244 e. The van der Waals surface area contributed by atoms with Gasteiger partial charge in [0.15, 0.2) is 11.5 Å². The summed E-state index contributed by atoms with van der Waals surface area (Å²) in [6.07, 6.45) is 4.54. The van der Waals surface area contributed by atoms with Crippen LogP contribution in [0.3, 0.4) is 0 Å². The minimum absolute atomic E-state index is 0.174. The lowest BCUT2D eigenvalue weighted by molar-refractivity contribution is -0.0249. The predicted molar refractivity (Wildman–Crippen MR) is 94.8 cm³/mol. The van der Waals surface area contributed by atoms with Crippen LogP contribution in [0, 0.1) is 12.8 Å². The second-order valence-corrected chi connectivity index (χ2v) is 7.93. The molecule has 128 valence electrons. The van der Waals surface area contributed by atoms with Crippen LogP contribution < -0.4 is 9.47 Å². The molecule has 1 atom stereocenters. The number of hydrogen-bond donors (Lipinski definition) is 0. The summed E-state index contributed by atoms with van der Waals surface area (Å²) >= 11 is 6.45. The molecule has 1 aromatic carbocycles. The third kappa shape index (κ3) is 3.18. The molecule has 0 aromatic heterocycles. The quantitative estimate of drug-likeness (QED) is 0.775. The van der Waals surface area contributed by atoms with Crippen molar-refractivity contribution < 1.29 is 9.47 Å². The summed E-state index contributed by atoms with van der Waals surface area (Å²) in [5.74, 6) is 2.49. The molecule has 3 rings (SSSR count). The summed E-state index contributed by atoms with van der Waals surface area (Å²) in [4.78, 5) is 2.33. The van der Waals surface area contributed by atoms with E-state index >= 15 is 0 Å². The Morgan fingerprint density at radius 1 is 1.09 bits per heavy atom.